The number of benzene rings is 2. The maximum Gasteiger partial charge on any atom is 0.243 e. The summed E-state index contributed by atoms with van der Waals surface area (Å²) in [4.78, 5) is 12.6. The summed E-state index contributed by atoms with van der Waals surface area (Å²) in [5, 5.41) is 0. The standard InChI is InChI=1S/C19H19NO3S/c1-3-14-20(24(22,23)18-12-8-5-9-13-18)15-16(2)19(21)17-10-6-4-7-11-17/h3-13H,1-2,14-15H2. The second kappa shape index (κ2) is 7.86. The Balaban J connectivity index is 2.24. The van der Waals surface area contributed by atoms with Crippen molar-refractivity contribution in [2.75, 3.05) is 13.1 Å². The number of hydrogen-bond acceptors (Lipinski definition) is 3. The lowest BCUT2D eigenvalue weighted by atomic mass is 10.1. The molecule has 124 valence electrons. The lowest BCUT2D eigenvalue weighted by Gasteiger charge is -2.21. The third-order valence-electron chi connectivity index (χ3n) is 3.44. The maximum absolute atomic E-state index is 12.7. The van der Waals surface area contributed by atoms with Gasteiger partial charge in [0.15, 0.2) is 5.78 Å². The van der Waals surface area contributed by atoms with E-state index in [4.69, 9.17) is 0 Å². The highest BCUT2D eigenvalue weighted by molar-refractivity contribution is 7.89. The minimum absolute atomic E-state index is 0.0863. The molecule has 0 aliphatic rings. The number of Topliss-reactive ketones (excluding diaryl/α,β-unsaturated/α-hetero) is 1. The van der Waals surface area contributed by atoms with E-state index in [1.807, 2.05) is 6.07 Å². The van der Waals surface area contributed by atoms with Gasteiger partial charge in [-0.2, -0.15) is 4.31 Å². The molecular formula is C19H19NO3S. The molecule has 0 amide bonds. The first kappa shape index (κ1) is 17.8. The van der Waals surface area contributed by atoms with Crippen molar-refractivity contribution in [3.63, 3.8) is 0 Å². The Morgan fingerprint density at radius 3 is 2.08 bits per heavy atom. The summed E-state index contributed by atoms with van der Waals surface area (Å²) >= 11 is 0. The van der Waals surface area contributed by atoms with Gasteiger partial charge in [0, 0.05) is 24.2 Å². The molecule has 0 saturated heterocycles. The molecule has 2 rings (SSSR count). The van der Waals surface area contributed by atoms with Crippen molar-refractivity contribution in [2.24, 2.45) is 0 Å². The van der Waals surface area contributed by atoms with E-state index in [9.17, 15) is 13.2 Å². The monoisotopic (exact) mass is 341 g/mol. The Bertz CT molecular complexity index is 827. The molecule has 0 unspecified atom stereocenters. The number of nitrogens with zero attached hydrogens (tertiary/aromatic N) is 1. The van der Waals surface area contributed by atoms with Gasteiger partial charge in [0.2, 0.25) is 10.0 Å². The average molecular weight is 341 g/mol. The molecule has 0 heterocycles. The molecule has 0 aromatic heterocycles. The van der Waals surface area contributed by atoms with Crippen molar-refractivity contribution in [1.29, 1.82) is 0 Å². The van der Waals surface area contributed by atoms with Crippen molar-refractivity contribution in [3.8, 4) is 0 Å². The first-order valence-electron chi connectivity index (χ1n) is 7.40. The third-order valence-corrected chi connectivity index (χ3v) is 5.26. The van der Waals surface area contributed by atoms with Crippen LogP contribution in [0.25, 0.3) is 0 Å². The van der Waals surface area contributed by atoms with E-state index in [0.717, 1.165) is 0 Å². The molecule has 0 aliphatic carbocycles. The Morgan fingerprint density at radius 2 is 1.54 bits per heavy atom. The van der Waals surface area contributed by atoms with E-state index >= 15 is 0 Å². The summed E-state index contributed by atoms with van der Waals surface area (Å²) in [5.74, 6) is -0.270. The predicted octanol–water partition coefficient (Wildman–Crippen LogP) is 3.30. The fourth-order valence-corrected chi connectivity index (χ4v) is 3.64. The first-order chi connectivity index (χ1) is 11.5. The van der Waals surface area contributed by atoms with Gasteiger partial charge in [0.25, 0.3) is 0 Å². The molecule has 0 aliphatic heterocycles. The normalized spacial score (nSPS) is 11.2. The molecular weight excluding hydrogens is 322 g/mol. The Kier molecular flexibility index (Phi) is 5.84. The molecule has 0 fully saturated rings. The lowest BCUT2D eigenvalue weighted by molar-refractivity contribution is 0.103. The second-order valence-corrected chi connectivity index (χ2v) is 7.14. The number of ketones is 1. The van der Waals surface area contributed by atoms with Crippen LogP contribution in [0.2, 0.25) is 0 Å². The highest BCUT2D eigenvalue weighted by Gasteiger charge is 2.25. The quantitative estimate of drug-likeness (QED) is 0.420. The first-order valence-corrected chi connectivity index (χ1v) is 8.84. The van der Waals surface area contributed by atoms with Gasteiger partial charge in [-0.05, 0) is 12.1 Å². The van der Waals surface area contributed by atoms with Crippen LogP contribution < -0.4 is 0 Å². The fraction of sp³-hybridized carbons (Fsp3) is 0.105. The van der Waals surface area contributed by atoms with Crippen molar-refractivity contribution in [3.05, 3.63) is 91.0 Å². The van der Waals surface area contributed by atoms with Gasteiger partial charge in [-0.1, -0.05) is 61.2 Å². The number of sulfonamides is 1. The van der Waals surface area contributed by atoms with Crippen LogP contribution in [0.4, 0.5) is 0 Å². The third kappa shape index (κ3) is 4.07. The van der Waals surface area contributed by atoms with Crippen LogP contribution in [0.15, 0.2) is 90.4 Å². The van der Waals surface area contributed by atoms with Crippen LogP contribution in [-0.2, 0) is 10.0 Å². The zero-order valence-corrected chi connectivity index (χ0v) is 14.1. The van der Waals surface area contributed by atoms with Crippen molar-refractivity contribution in [2.45, 2.75) is 4.90 Å². The zero-order chi connectivity index (χ0) is 17.6. The van der Waals surface area contributed by atoms with Gasteiger partial charge >= 0.3 is 0 Å². The maximum atomic E-state index is 12.7. The largest absolute Gasteiger partial charge is 0.289 e. The zero-order valence-electron chi connectivity index (χ0n) is 13.3. The minimum atomic E-state index is -3.72. The number of rotatable bonds is 8. The van der Waals surface area contributed by atoms with Crippen molar-refractivity contribution < 1.29 is 13.2 Å². The average Bonchev–Trinajstić information content (AvgIpc) is 2.62. The minimum Gasteiger partial charge on any atom is -0.289 e. The van der Waals surface area contributed by atoms with Gasteiger partial charge in [-0.15, -0.1) is 6.58 Å². The molecule has 24 heavy (non-hydrogen) atoms. The van der Waals surface area contributed by atoms with Crippen molar-refractivity contribution >= 4 is 15.8 Å². The highest BCUT2D eigenvalue weighted by atomic mass is 32.2. The van der Waals surface area contributed by atoms with Gasteiger partial charge in [0.1, 0.15) is 0 Å². The van der Waals surface area contributed by atoms with E-state index in [0.29, 0.717) is 5.56 Å². The van der Waals surface area contributed by atoms with Crippen LogP contribution in [-0.4, -0.2) is 31.6 Å². The molecule has 0 bridgehead atoms. The van der Waals surface area contributed by atoms with Gasteiger partial charge in [-0.25, -0.2) is 8.42 Å². The van der Waals surface area contributed by atoms with Crippen LogP contribution in [0.1, 0.15) is 10.4 Å². The molecule has 0 N–H and O–H groups in total. The lowest BCUT2D eigenvalue weighted by Crippen LogP contribution is -2.34. The highest BCUT2D eigenvalue weighted by Crippen LogP contribution is 2.17. The molecule has 5 heteroatoms. The summed E-state index contributed by atoms with van der Waals surface area (Å²) in [6.07, 6.45) is 1.49. The summed E-state index contributed by atoms with van der Waals surface area (Å²) in [6, 6.07) is 16.8. The van der Waals surface area contributed by atoms with Gasteiger partial charge < -0.3 is 0 Å². The smallest absolute Gasteiger partial charge is 0.243 e. The summed E-state index contributed by atoms with van der Waals surface area (Å²) in [6.45, 7) is 7.38. The Morgan fingerprint density at radius 1 is 1.00 bits per heavy atom. The molecule has 2 aromatic carbocycles. The van der Waals surface area contributed by atoms with Crippen LogP contribution >= 0.6 is 0 Å². The summed E-state index contributed by atoms with van der Waals surface area (Å²) in [5.41, 5.74) is 0.695. The van der Waals surface area contributed by atoms with E-state index in [1.165, 1.54) is 22.5 Å². The van der Waals surface area contributed by atoms with Gasteiger partial charge in [-0.3, -0.25) is 4.79 Å². The number of carbonyl (C=O) groups excluding carboxylic acids is 1. The molecule has 0 atom stereocenters. The number of carbonyl (C=O) groups is 1. The molecule has 4 nitrogen and oxygen atoms in total. The Labute approximate surface area is 142 Å². The van der Waals surface area contributed by atoms with Crippen molar-refractivity contribution in [1.82, 2.24) is 4.31 Å². The predicted molar refractivity (Wildman–Crippen MR) is 95.3 cm³/mol. The summed E-state index contributed by atoms with van der Waals surface area (Å²) in [7, 11) is -3.72. The van der Waals surface area contributed by atoms with E-state index in [2.05, 4.69) is 13.2 Å². The van der Waals surface area contributed by atoms with Crippen LogP contribution in [0, 0.1) is 0 Å². The molecule has 2 aromatic rings. The van der Waals surface area contributed by atoms with E-state index in [1.54, 1.807) is 42.5 Å². The number of hydrogen-bond donors (Lipinski definition) is 0. The molecule has 0 radical (unpaired) electrons. The van der Waals surface area contributed by atoms with Crippen LogP contribution in [0.5, 0.6) is 0 Å². The van der Waals surface area contributed by atoms with Gasteiger partial charge in [0.05, 0.1) is 4.90 Å². The van der Waals surface area contributed by atoms with E-state index in [-0.39, 0.29) is 29.3 Å². The SMILES string of the molecule is C=CCN(CC(=C)C(=O)c1ccccc1)S(=O)(=O)c1ccccc1. The van der Waals surface area contributed by atoms with Crippen LogP contribution in [0.3, 0.4) is 0 Å². The molecule has 0 spiro atoms. The topological polar surface area (TPSA) is 54.5 Å². The molecule has 0 saturated carbocycles. The van der Waals surface area contributed by atoms with E-state index < -0.39 is 10.0 Å². The fourth-order valence-electron chi connectivity index (χ4n) is 2.21. The second-order valence-electron chi connectivity index (χ2n) is 5.20. The Hall–Kier alpha value is -2.50. The summed E-state index contributed by atoms with van der Waals surface area (Å²) < 4.78 is 26.7.